The molecule has 0 saturated carbocycles. The number of amides is 1. The van der Waals surface area contributed by atoms with Gasteiger partial charge in [0, 0.05) is 17.6 Å². The Kier molecular flexibility index (Phi) is 8.28. The molecule has 0 unspecified atom stereocenters. The molecule has 0 atom stereocenters. The number of carbonyl (C=O) groups is 1. The molecule has 0 saturated heterocycles. The number of rotatable bonds is 7. The van der Waals surface area contributed by atoms with Gasteiger partial charge in [-0.2, -0.15) is 8.78 Å². The minimum absolute atomic E-state index is 0.0529. The van der Waals surface area contributed by atoms with Crippen molar-refractivity contribution in [2.45, 2.75) is 53.3 Å². The number of halogens is 2. The molecular formula is C18H28F2N4O2. The van der Waals surface area contributed by atoms with Crippen LogP contribution in [0.5, 0.6) is 5.75 Å². The molecule has 0 bridgehead atoms. The van der Waals surface area contributed by atoms with Crippen molar-refractivity contribution in [1.29, 1.82) is 0 Å². The number of nitrogens with zero attached hydrogens (tertiary/aromatic N) is 1. The van der Waals surface area contributed by atoms with Gasteiger partial charge >= 0.3 is 6.61 Å². The van der Waals surface area contributed by atoms with Crippen molar-refractivity contribution < 1.29 is 18.3 Å². The molecule has 0 aromatic heterocycles. The van der Waals surface area contributed by atoms with E-state index < -0.39 is 6.61 Å². The van der Waals surface area contributed by atoms with E-state index in [2.05, 4.69) is 25.7 Å². The van der Waals surface area contributed by atoms with Crippen molar-refractivity contribution in [1.82, 2.24) is 16.0 Å². The number of ether oxygens (including phenoxy) is 1. The summed E-state index contributed by atoms with van der Waals surface area (Å²) in [6, 6.07) is 4.95. The number of aryl methyl sites for hydroxylation is 1. The lowest BCUT2D eigenvalue weighted by molar-refractivity contribution is -0.121. The van der Waals surface area contributed by atoms with Crippen molar-refractivity contribution in [2.75, 3.05) is 13.1 Å². The highest BCUT2D eigenvalue weighted by Crippen LogP contribution is 2.22. The molecule has 6 nitrogen and oxygen atoms in total. The zero-order valence-electron chi connectivity index (χ0n) is 16.0. The minimum atomic E-state index is -2.90. The number of carbonyl (C=O) groups excluding carboxylic acids is 1. The summed E-state index contributed by atoms with van der Waals surface area (Å²) in [5.41, 5.74) is 1.14. The fourth-order valence-corrected chi connectivity index (χ4v) is 2.18. The van der Waals surface area contributed by atoms with Crippen molar-refractivity contribution >= 4 is 11.9 Å². The Morgan fingerprint density at radius 2 is 1.96 bits per heavy atom. The van der Waals surface area contributed by atoms with Crippen molar-refractivity contribution in [2.24, 2.45) is 4.99 Å². The molecule has 0 aliphatic heterocycles. The smallest absolute Gasteiger partial charge is 0.387 e. The van der Waals surface area contributed by atoms with Crippen molar-refractivity contribution in [3.05, 3.63) is 29.3 Å². The van der Waals surface area contributed by atoms with E-state index in [1.807, 2.05) is 34.6 Å². The summed E-state index contributed by atoms with van der Waals surface area (Å²) in [7, 11) is 0. The van der Waals surface area contributed by atoms with Gasteiger partial charge in [-0.15, -0.1) is 0 Å². The van der Waals surface area contributed by atoms with Crippen molar-refractivity contribution in [3.8, 4) is 5.75 Å². The molecule has 146 valence electrons. The van der Waals surface area contributed by atoms with Gasteiger partial charge in [0.05, 0.1) is 13.1 Å². The fraction of sp³-hybridized carbons (Fsp3) is 0.556. The molecule has 0 aliphatic carbocycles. The SMILES string of the molecule is CCNC(=NCc1cc(C)ccc1OC(F)F)NCC(=O)NC(C)(C)C. The number of aliphatic imine (C=N–C) groups is 1. The standard InChI is InChI=1S/C18H28F2N4O2/c1-6-21-17(23-11-15(25)24-18(3,4)5)22-10-13-9-12(2)7-8-14(13)26-16(19)20/h7-9,16H,6,10-11H2,1-5H3,(H,24,25)(H2,21,22,23). The molecule has 3 N–H and O–H groups in total. The zero-order chi connectivity index (χ0) is 19.7. The van der Waals surface area contributed by atoms with E-state index in [0.29, 0.717) is 18.1 Å². The van der Waals surface area contributed by atoms with Crippen LogP contribution in [-0.4, -0.2) is 37.1 Å². The largest absolute Gasteiger partial charge is 0.434 e. The van der Waals surface area contributed by atoms with Gasteiger partial charge < -0.3 is 20.7 Å². The molecule has 1 rings (SSSR count). The second kappa shape index (κ2) is 9.94. The molecule has 1 aromatic rings. The van der Waals surface area contributed by atoms with Gasteiger partial charge in [0.25, 0.3) is 0 Å². The first-order chi connectivity index (χ1) is 12.1. The number of guanidine groups is 1. The Morgan fingerprint density at radius 3 is 2.54 bits per heavy atom. The zero-order valence-corrected chi connectivity index (χ0v) is 16.0. The van der Waals surface area contributed by atoms with Crippen LogP contribution in [0.3, 0.4) is 0 Å². The Hall–Kier alpha value is -2.38. The molecule has 0 aliphatic rings. The Bertz CT molecular complexity index is 628. The lowest BCUT2D eigenvalue weighted by atomic mass is 10.1. The third-order valence-corrected chi connectivity index (χ3v) is 3.11. The van der Waals surface area contributed by atoms with Crippen LogP contribution in [0, 0.1) is 6.92 Å². The minimum Gasteiger partial charge on any atom is -0.434 e. The number of nitrogens with one attached hydrogen (secondary N) is 3. The van der Waals surface area contributed by atoms with Gasteiger partial charge in [-0.25, -0.2) is 4.99 Å². The third kappa shape index (κ3) is 8.64. The Morgan fingerprint density at radius 1 is 1.27 bits per heavy atom. The maximum atomic E-state index is 12.5. The number of hydrogen-bond acceptors (Lipinski definition) is 3. The summed E-state index contributed by atoms with van der Waals surface area (Å²) >= 11 is 0. The molecule has 0 radical (unpaired) electrons. The van der Waals surface area contributed by atoms with E-state index in [-0.39, 0.29) is 30.3 Å². The summed E-state index contributed by atoms with van der Waals surface area (Å²) < 4.78 is 29.6. The van der Waals surface area contributed by atoms with Crippen LogP contribution < -0.4 is 20.7 Å². The highest BCUT2D eigenvalue weighted by Gasteiger charge is 2.14. The number of alkyl halides is 2. The maximum absolute atomic E-state index is 12.5. The van der Waals surface area contributed by atoms with Crippen LogP contribution in [-0.2, 0) is 11.3 Å². The molecule has 8 heteroatoms. The fourth-order valence-electron chi connectivity index (χ4n) is 2.18. The van der Waals surface area contributed by atoms with E-state index in [1.165, 1.54) is 6.07 Å². The number of benzene rings is 1. The second-order valence-electron chi connectivity index (χ2n) is 6.84. The van der Waals surface area contributed by atoms with Crippen molar-refractivity contribution in [3.63, 3.8) is 0 Å². The molecule has 0 spiro atoms. The van der Waals surface area contributed by atoms with E-state index in [0.717, 1.165) is 5.56 Å². The molecule has 1 aromatic carbocycles. The number of hydrogen-bond donors (Lipinski definition) is 3. The summed E-state index contributed by atoms with van der Waals surface area (Å²) in [5, 5.41) is 8.78. The first kappa shape index (κ1) is 21.7. The van der Waals surface area contributed by atoms with Crippen LogP contribution in [0.1, 0.15) is 38.8 Å². The summed E-state index contributed by atoms with van der Waals surface area (Å²) in [4.78, 5) is 16.3. The molecule has 26 heavy (non-hydrogen) atoms. The van der Waals surface area contributed by atoms with E-state index in [4.69, 9.17) is 0 Å². The van der Waals surface area contributed by atoms with Crippen LogP contribution in [0.15, 0.2) is 23.2 Å². The van der Waals surface area contributed by atoms with E-state index >= 15 is 0 Å². The van der Waals surface area contributed by atoms with Crippen LogP contribution in [0.4, 0.5) is 8.78 Å². The van der Waals surface area contributed by atoms with Gasteiger partial charge in [-0.1, -0.05) is 17.7 Å². The highest BCUT2D eigenvalue weighted by molar-refractivity contribution is 5.86. The maximum Gasteiger partial charge on any atom is 0.387 e. The van der Waals surface area contributed by atoms with E-state index in [1.54, 1.807) is 12.1 Å². The van der Waals surface area contributed by atoms with Gasteiger partial charge in [0.2, 0.25) is 5.91 Å². The average molecular weight is 370 g/mol. The summed E-state index contributed by atoms with van der Waals surface area (Å²) in [5.74, 6) is 0.345. The first-order valence-electron chi connectivity index (χ1n) is 8.48. The highest BCUT2D eigenvalue weighted by atomic mass is 19.3. The molecule has 0 heterocycles. The summed E-state index contributed by atoms with van der Waals surface area (Å²) in [6.07, 6.45) is 0. The first-order valence-corrected chi connectivity index (χ1v) is 8.48. The van der Waals surface area contributed by atoms with Gasteiger partial charge in [-0.05, 0) is 40.7 Å². The monoisotopic (exact) mass is 370 g/mol. The third-order valence-electron chi connectivity index (χ3n) is 3.11. The van der Waals surface area contributed by atoms with Gasteiger partial charge in [0.15, 0.2) is 5.96 Å². The second-order valence-corrected chi connectivity index (χ2v) is 6.84. The lowest BCUT2D eigenvalue weighted by Crippen LogP contribution is -2.48. The normalized spacial score (nSPS) is 12.1. The van der Waals surface area contributed by atoms with E-state index in [9.17, 15) is 13.6 Å². The molecule has 0 fully saturated rings. The van der Waals surface area contributed by atoms with Gasteiger partial charge in [-0.3, -0.25) is 4.79 Å². The Labute approximate surface area is 153 Å². The van der Waals surface area contributed by atoms with Crippen LogP contribution in [0.25, 0.3) is 0 Å². The predicted octanol–water partition coefficient (Wildman–Crippen LogP) is 2.57. The Balaban J connectivity index is 2.80. The van der Waals surface area contributed by atoms with Crippen LogP contribution in [0.2, 0.25) is 0 Å². The topological polar surface area (TPSA) is 74.8 Å². The lowest BCUT2D eigenvalue weighted by Gasteiger charge is -2.21. The predicted molar refractivity (Wildman–Crippen MR) is 98.5 cm³/mol. The average Bonchev–Trinajstić information content (AvgIpc) is 2.50. The molecular weight excluding hydrogens is 342 g/mol. The van der Waals surface area contributed by atoms with Crippen LogP contribution >= 0.6 is 0 Å². The quantitative estimate of drug-likeness (QED) is 0.509. The summed E-state index contributed by atoms with van der Waals surface area (Å²) in [6.45, 7) is 7.33. The van der Waals surface area contributed by atoms with Gasteiger partial charge in [0.1, 0.15) is 5.75 Å². The molecule has 1 amide bonds.